The quantitative estimate of drug-likeness (QED) is 0.842. The van der Waals surface area contributed by atoms with Crippen molar-refractivity contribution in [3.05, 3.63) is 51.4 Å². The van der Waals surface area contributed by atoms with Crippen LogP contribution in [-0.2, 0) is 16.0 Å². The summed E-state index contributed by atoms with van der Waals surface area (Å²) in [5.41, 5.74) is 4.11. The zero-order chi connectivity index (χ0) is 17.0. The third-order valence-corrected chi connectivity index (χ3v) is 4.62. The Balaban J connectivity index is 2.06. The Morgan fingerprint density at radius 3 is 2.52 bits per heavy atom. The number of aryl methyl sites for hydroxylation is 3. The lowest BCUT2D eigenvalue weighted by Crippen LogP contribution is -2.14. The fourth-order valence-electron chi connectivity index (χ4n) is 2.34. The first-order chi connectivity index (χ1) is 10.9. The van der Waals surface area contributed by atoms with E-state index in [2.05, 4.69) is 11.4 Å². The van der Waals surface area contributed by atoms with Gasteiger partial charge in [0.1, 0.15) is 4.88 Å². The minimum absolute atomic E-state index is 0.0892. The molecule has 122 valence electrons. The first-order valence-corrected chi connectivity index (χ1v) is 8.36. The number of rotatable bonds is 5. The van der Waals surface area contributed by atoms with E-state index in [0.29, 0.717) is 22.9 Å². The molecule has 2 aromatic rings. The van der Waals surface area contributed by atoms with Gasteiger partial charge in [0.05, 0.1) is 18.0 Å². The monoisotopic (exact) mass is 331 g/mol. The lowest BCUT2D eigenvalue weighted by molar-refractivity contribution is -0.115. The van der Waals surface area contributed by atoms with E-state index in [1.807, 2.05) is 32.9 Å². The van der Waals surface area contributed by atoms with Crippen LogP contribution in [0.25, 0.3) is 0 Å². The molecular formula is C18H21NO3S. The summed E-state index contributed by atoms with van der Waals surface area (Å²) in [5.74, 6) is -0.432. The number of amides is 1. The molecule has 0 fully saturated rings. The molecule has 0 saturated heterocycles. The fraction of sp³-hybridized carbons (Fsp3) is 0.333. The van der Waals surface area contributed by atoms with Gasteiger partial charge in [0.15, 0.2) is 0 Å². The summed E-state index contributed by atoms with van der Waals surface area (Å²) in [7, 11) is 0. The maximum atomic E-state index is 12.2. The van der Waals surface area contributed by atoms with Crippen LogP contribution in [0, 0.1) is 20.8 Å². The van der Waals surface area contributed by atoms with E-state index in [9.17, 15) is 9.59 Å². The predicted molar refractivity (Wildman–Crippen MR) is 93.3 cm³/mol. The van der Waals surface area contributed by atoms with Crippen molar-refractivity contribution in [1.82, 2.24) is 0 Å². The Bertz CT molecular complexity index is 734. The largest absolute Gasteiger partial charge is 0.462 e. The number of anilines is 1. The SMILES string of the molecule is CCOC(=O)c1sc(NC(=O)Cc2ccc(C)cc2C)cc1C. The number of nitrogens with one attached hydrogen (secondary N) is 1. The molecule has 0 unspecified atom stereocenters. The van der Waals surface area contributed by atoms with Crippen molar-refractivity contribution in [1.29, 1.82) is 0 Å². The number of hydrogen-bond acceptors (Lipinski definition) is 4. The van der Waals surface area contributed by atoms with Crippen LogP contribution in [0.15, 0.2) is 24.3 Å². The van der Waals surface area contributed by atoms with Crippen LogP contribution in [0.1, 0.15) is 38.8 Å². The van der Waals surface area contributed by atoms with Crippen LogP contribution in [0.4, 0.5) is 5.00 Å². The number of benzene rings is 1. The van der Waals surface area contributed by atoms with Gasteiger partial charge in [-0.3, -0.25) is 4.79 Å². The maximum Gasteiger partial charge on any atom is 0.348 e. The van der Waals surface area contributed by atoms with Gasteiger partial charge >= 0.3 is 5.97 Å². The van der Waals surface area contributed by atoms with Gasteiger partial charge in [0.25, 0.3) is 0 Å². The normalized spacial score (nSPS) is 10.4. The highest BCUT2D eigenvalue weighted by molar-refractivity contribution is 7.18. The summed E-state index contributed by atoms with van der Waals surface area (Å²) in [6, 6.07) is 7.85. The van der Waals surface area contributed by atoms with Crippen molar-refractivity contribution in [3.8, 4) is 0 Å². The lowest BCUT2D eigenvalue weighted by atomic mass is 10.0. The standard InChI is InChI=1S/C18H21NO3S/c1-5-22-18(21)17-13(4)9-16(23-17)19-15(20)10-14-7-6-11(2)8-12(14)3/h6-9H,5,10H2,1-4H3,(H,19,20). The predicted octanol–water partition coefficient (Wildman–Crippen LogP) is 4.03. The summed E-state index contributed by atoms with van der Waals surface area (Å²) in [6.07, 6.45) is 0.317. The van der Waals surface area contributed by atoms with Gasteiger partial charge in [0, 0.05) is 0 Å². The number of carbonyl (C=O) groups is 2. The van der Waals surface area contributed by atoms with E-state index in [1.54, 1.807) is 13.0 Å². The summed E-state index contributed by atoms with van der Waals surface area (Å²) in [5, 5.41) is 3.53. The Kier molecular flexibility index (Phi) is 5.55. The molecule has 4 nitrogen and oxygen atoms in total. The number of carbonyl (C=O) groups excluding carboxylic acids is 2. The van der Waals surface area contributed by atoms with Crippen molar-refractivity contribution in [3.63, 3.8) is 0 Å². The molecule has 1 N–H and O–H groups in total. The molecular weight excluding hydrogens is 310 g/mol. The third-order valence-electron chi connectivity index (χ3n) is 3.49. The zero-order valence-corrected chi connectivity index (χ0v) is 14.7. The minimum Gasteiger partial charge on any atom is -0.462 e. The van der Waals surface area contributed by atoms with Gasteiger partial charge < -0.3 is 10.1 Å². The first-order valence-electron chi connectivity index (χ1n) is 7.54. The number of thiophene rings is 1. The van der Waals surface area contributed by atoms with Crippen LogP contribution in [0.3, 0.4) is 0 Å². The van der Waals surface area contributed by atoms with E-state index in [-0.39, 0.29) is 11.9 Å². The molecule has 1 aromatic carbocycles. The van der Waals surface area contributed by atoms with Crippen LogP contribution < -0.4 is 5.32 Å². The topological polar surface area (TPSA) is 55.4 Å². The highest BCUT2D eigenvalue weighted by Crippen LogP contribution is 2.27. The highest BCUT2D eigenvalue weighted by atomic mass is 32.1. The van der Waals surface area contributed by atoms with Crippen LogP contribution in [-0.4, -0.2) is 18.5 Å². The van der Waals surface area contributed by atoms with Crippen LogP contribution >= 0.6 is 11.3 Å². The number of ether oxygens (including phenoxy) is 1. The van der Waals surface area contributed by atoms with Crippen LogP contribution in [0.2, 0.25) is 0 Å². The zero-order valence-electron chi connectivity index (χ0n) is 13.9. The van der Waals surface area contributed by atoms with Gasteiger partial charge in [0.2, 0.25) is 5.91 Å². The van der Waals surface area contributed by atoms with E-state index < -0.39 is 0 Å². The molecule has 1 amide bonds. The molecule has 1 aromatic heterocycles. The third kappa shape index (κ3) is 4.42. The summed E-state index contributed by atoms with van der Waals surface area (Å²) in [6.45, 7) is 7.98. The Labute approximate surface area is 140 Å². The molecule has 0 aliphatic rings. The van der Waals surface area contributed by atoms with Crippen molar-refractivity contribution >= 4 is 28.2 Å². The molecule has 1 heterocycles. The molecule has 2 rings (SSSR count). The lowest BCUT2D eigenvalue weighted by Gasteiger charge is -2.07. The summed E-state index contributed by atoms with van der Waals surface area (Å²) < 4.78 is 5.01. The Hall–Kier alpha value is -2.14. The molecule has 0 aliphatic carbocycles. The first kappa shape index (κ1) is 17.2. The van der Waals surface area contributed by atoms with E-state index >= 15 is 0 Å². The molecule has 0 spiro atoms. The number of esters is 1. The average molecular weight is 331 g/mol. The minimum atomic E-state index is -0.343. The van der Waals surface area contributed by atoms with E-state index in [1.165, 1.54) is 16.9 Å². The molecule has 0 saturated carbocycles. The summed E-state index contributed by atoms with van der Waals surface area (Å²) >= 11 is 1.25. The molecule has 23 heavy (non-hydrogen) atoms. The van der Waals surface area contributed by atoms with Crippen molar-refractivity contribution in [2.24, 2.45) is 0 Å². The molecule has 0 atom stereocenters. The van der Waals surface area contributed by atoms with Gasteiger partial charge in [-0.1, -0.05) is 23.8 Å². The maximum absolute atomic E-state index is 12.2. The van der Waals surface area contributed by atoms with Crippen molar-refractivity contribution < 1.29 is 14.3 Å². The molecule has 5 heteroatoms. The van der Waals surface area contributed by atoms with Crippen molar-refractivity contribution in [2.45, 2.75) is 34.1 Å². The Morgan fingerprint density at radius 1 is 1.13 bits per heavy atom. The van der Waals surface area contributed by atoms with Gasteiger partial charge in [-0.15, -0.1) is 11.3 Å². The molecule has 0 bridgehead atoms. The smallest absolute Gasteiger partial charge is 0.348 e. The van der Waals surface area contributed by atoms with Gasteiger partial charge in [-0.2, -0.15) is 0 Å². The fourth-order valence-corrected chi connectivity index (χ4v) is 3.32. The van der Waals surface area contributed by atoms with E-state index in [4.69, 9.17) is 4.74 Å². The van der Waals surface area contributed by atoms with E-state index in [0.717, 1.165) is 16.7 Å². The van der Waals surface area contributed by atoms with Crippen LogP contribution in [0.5, 0.6) is 0 Å². The second-order valence-electron chi connectivity index (χ2n) is 5.50. The Morgan fingerprint density at radius 2 is 1.87 bits per heavy atom. The van der Waals surface area contributed by atoms with Gasteiger partial charge in [-0.05, 0) is 50.5 Å². The second kappa shape index (κ2) is 7.42. The highest BCUT2D eigenvalue weighted by Gasteiger charge is 2.16. The molecule has 0 aliphatic heterocycles. The average Bonchev–Trinajstić information content (AvgIpc) is 2.83. The number of hydrogen-bond donors (Lipinski definition) is 1. The van der Waals surface area contributed by atoms with Crippen molar-refractivity contribution in [2.75, 3.05) is 11.9 Å². The van der Waals surface area contributed by atoms with Gasteiger partial charge in [-0.25, -0.2) is 4.79 Å². The second-order valence-corrected chi connectivity index (χ2v) is 6.55. The summed E-state index contributed by atoms with van der Waals surface area (Å²) in [4.78, 5) is 24.6. The molecule has 0 radical (unpaired) electrons.